The van der Waals surface area contributed by atoms with E-state index in [2.05, 4.69) is 4.90 Å². The number of halogens is 1. The number of ether oxygens (including phenoxy) is 1. The van der Waals surface area contributed by atoms with Crippen LogP contribution in [0.5, 0.6) is 0 Å². The molecule has 1 unspecified atom stereocenters. The number of nitrogens with zero attached hydrogens (tertiary/aromatic N) is 2. The average Bonchev–Trinajstić information content (AvgIpc) is 3.09. The van der Waals surface area contributed by atoms with Gasteiger partial charge >= 0.3 is 0 Å². The molecule has 0 spiro atoms. The van der Waals surface area contributed by atoms with Gasteiger partial charge in [-0.25, -0.2) is 4.39 Å². The molecule has 172 valence electrons. The monoisotopic (exact) mass is 450 g/mol. The third-order valence-electron chi connectivity index (χ3n) is 5.96. The van der Waals surface area contributed by atoms with E-state index in [9.17, 15) is 19.1 Å². The molecular weight excluding hydrogens is 423 g/mol. The van der Waals surface area contributed by atoms with Gasteiger partial charge in [-0.1, -0.05) is 48.5 Å². The summed E-state index contributed by atoms with van der Waals surface area (Å²) in [5, 5.41) is 10.7. The van der Waals surface area contributed by atoms with Crippen molar-refractivity contribution in [2.24, 2.45) is 0 Å². The molecule has 7 heteroatoms. The SMILES string of the molecule is O=C(/C=C/c1ccccc1)C1=C(O)C(=O)N(CCCN2CCOCC2)C1c1ccc(F)cc1. The summed E-state index contributed by atoms with van der Waals surface area (Å²) in [6.45, 7) is 4.20. The molecule has 1 amide bonds. The summed E-state index contributed by atoms with van der Waals surface area (Å²) in [4.78, 5) is 29.8. The number of aliphatic hydroxyl groups is 1. The Morgan fingerprint density at radius 2 is 1.76 bits per heavy atom. The number of benzene rings is 2. The smallest absolute Gasteiger partial charge is 0.290 e. The Labute approximate surface area is 192 Å². The summed E-state index contributed by atoms with van der Waals surface area (Å²) in [5.41, 5.74) is 1.43. The molecule has 6 nitrogen and oxygen atoms in total. The number of hydrogen-bond acceptors (Lipinski definition) is 5. The van der Waals surface area contributed by atoms with Gasteiger partial charge in [-0.2, -0.15) is 0 Å². The molecule has 1 N–H and O–H groups in total. The highest BCUT2D eigenvalue weighted by Gasteiger charge is 2.42. The van der Waals surface area contributed by atoms with E-state index < -0.39 is 29.3 Å². The summed E-state index contributed by atoms with van der Waals surface area (Å²) < 4.78 is 18.9. The second-order valence-electron chi connectivity index (χ2n) is 8.13. The van der Waals surface area contributed by atoms with Gasteiger partial charge in [-0.05, 0) is 35.8 Å². The normalized spacial score (nSPS) is 19.6. The molecule has 1 fully saturated rings. The molecule has 2 aliphatic rings. The molecule has 2 aliphatic heterocycles. The van der Waals surface area contributed by atoms with Gasteiger partial charge < -0.3 is 14.7 Å². The molecule has 0 aromatic heterocycles. The fourth-order valence-corrected chi connectivity index (χ4v) is 4.24. The minimum atomic E-state index is -0.768. The molecule has 2 aromatic carbocycles. The zero-order valence-electron chi connectivity index (χ0n) is 18.3. The molecule has 2 heterocycles. The van der Waals surface area contributed by atoms with Crippen LogP contribution in [0.4, 0.5) is 4.39 Å². The predicted octanol–water partition coefficient (Wildman–Crippen LogP) is 3.53. The molecular formula is C26H27FN2O4. The van der Waals surface area contributed by atoms with Gasteiger partial charge in [0.2, 0.25) is 0 Å². The molecule has 33 heavy (non-hydrogen) atoms. The van der Waals surface area contributed by atoms with Crippen molar-refractivity contribution in [2.75, 3.05) is 39.4 Å². The van der Waals surface area contributed by atoms with Gasteiger partial charge in [0, 0.05) is 26.2 Å². The first-order valence-corrected chi connectivity index (χ1v) is 11.1. The quantitative estimate of drug-likeness (QED) is 0.623. The maximum atomic E-state index is 13.6. The maximum absolute atomic E-state index is 13.6. The van der Waals surface area contributed by atoms with Crippen molar-refractivity contribution in [3.63, 3.8) is 0 Å². The van der Waals surface area contributed by atoms with Crippen molar-refractivity contribution in [3.05, 3.63) is 88.9 Å². The highest BCUT2D eigenvalue weighted by atomic mass is 19.1. The van der Waals surface area contributed by atoms with Crippen LogP contribution in [0.2, 0.25) is 0 Å². The van der Waals surface area contributed by atoms with E-state index in [4.69, 9.17) is 4.74 Å². The molecule has 0 saturated carbocycles. The first-order chi connectivity index (χ1) is 16.0. The first-order valence-electron chi connectivity index (χ1n) is 11.1. The number of rotatable bonds is 8. The number of allylic oxidation sites excluding steroid dienone is 1. The molecule has 1 saturated heterocycles. The lowest BCUT2D eigenvalue weighted by molar-refractivity contribution is -0.129. The minimum Gasteiger partial charge on any atom is -0.503 e. The van der Waals surface area contributed by atoms with E-state index in [1.165, 1.54) is 23.1 Å². The highest BCUT2D eigenvalue weighted by molar-refractivity contribution is 6.14. The predicted molar refractivity (Wildman–Crippen MR) is 123 cm³/mol. The lowest BCUT2D eigenvalue weighted by Crippen LogP contribution is -2.39. The van der Waals surface area contributed by atoms with Gasteiger partial charge in [-0.15, -0.1) is 0 Å². The maximum Gasteiger partial charge on any atom is 0.290 e. The highest BCUT2D eigenvalue weighted by Crippen LogP contribution is 2.38. The zero-order valence-corrected chi connectivity index (χ0v) is 18.3. The molecule has 2 aromatic rings. The second-order valence-corrected chi connectivity index (χ2v) is 8.13. The van der Waals surface area contributed by atoms with Crippen LogP contribution in [0.1, 0.15) is 23.6 Å². The number of aliphatic hydroxyl groups excluding tert-OH is 1. The molecule has 1 atom stereocenters. The molecule has 0 bridgehead atoms. The Morgan fingerprint density at radius 1 is 1.06 bits per heavy atom. The summed E-state index contributed by atoms with van der Waals surface area (Å²) in [6, 6.07) is 14.2. The fourth-order valence-electron chi connectivity index (χ4n) is 4.24. The van der Waals surface area contributed by atoms with E-state index >= 15 is 0 Å². The number of carbonyl (C=O) groups excluding carboxylic acids is 2. The van der Waals surface area contributed by atoms with Gasteiger partial charge in [0.15, 0.2) is 11.5 Å². The summed E-state index contributed by atoms with van der Waals surface area (Å²) in [6.07, 6.45) is 3.69. The van der Waals surface area contributed by atoms with Crippen LogP contribution in [0, 0.1) is 5.82 Å². The fraction of sp³-hybridized carbons (Fsp3) is 0.308. The lowest BCUT2D eigenvalue weighted by atomic mass is 9.95. The third kappa shape index (κ3) is 5.38. The topological polar surface area (TPSA) is 70.1 Å². The summed E-state index contributed by atoms with van der Waals surface area (Å²) >= 11 is 0. The summed E-state index contributed by atoms with van der Waals surface area (Å²) in [5.74, 6) is -1.98. The van der Waals surface area contributed by atoms with E-state index in [1.807, 2.05) is 30.3 Å². The average molecular weight is 451 g/mol. The lowest BCUT2D eigenvalue weighted by Gasteiger charge is -2.29. The van der Waals surface area contributed by atoms with E-state index in [0.29, 0.717) is 31.7 Å². The van der Waals surface area contributed by atoms with Crippen molar-refractivity contribution in [1.82, 2.24) is 9.80 Å². The van der Waals surface area contributed by atoms with Crippen molar-refractivity contribution >= 4 is 17.8 Å². The zero-order chi connectivity index (χ0) is 23.2. The Balaban J connectivity index is 1.56. The Kier molecular flexibility index (Phi) is 7.32. The number of ketones is 1. The van der Waals surface area contributed by atoms with E-state index in [-0.39, 0.29) is 5.57 Å². The van der Waals surface area contributed by atoms with Crippen LogP contribution in [0.3, 0.4) is 0 Å². The molecule has 4 rings (SSSR count). The second kappa shape index (κ2) is 10.6. The van der Waals surface area contributed by atoms with Crippen molar-refractivity contribution in [2.45, 2.75) is 12.5 Å². The number of amides is 1. The van der Waals surface area contributed by atoms with Crippen LogP contribution in [-0.4, -0.2) is 66.0 Å². The van der Waals surface area contributed by atoms with Crippen molar-refractivity contribution < 1.29 is 23.8 Å². The molecule has 0 radical (unpaired) electrons. The van der Waals surface area contributed by atoms with Gasteiger partial charge in [0.1, 0.15) is 5.82 Å². The number of morpholine rings is 1. The number of hydrogen-bond donors (Lipinski definition) is 1. The van der Waals surface area contributed by atoms with Gasteiger partial charge in [0.05, 0.1) is 24.8 Å². The van der Waals surface area contributed by atoms with E-state index in [0.717, 1.165) is 25.2 Å². The van der Waals surface area contributed by atoms with Gasteiger partial charge in [-0.3, -0.25) is 14.5 Å². The Bertz CT molecular complexity index is 1040. The Morgan fingerprint density at radius 3 is 2.45 bits per heavy atom. The van der Waals surface area contributed by atoms with Crippen LogP contribution in [-0.2, 0) is 14.3 Å². The van der Waals surface area contributed by atoms with Gasteiger partial charge in [0.25, 0.3) is 5.91 Å². The standard InChI is InChI=1S/C26H27FN2O4/c27-21-10-8-20(9-11-21)24-23(22(30)12-7-19-5-2-1-3-6-19)25(31)26(32)29(24)14-4-13-28-15-17-33-18-16-28/h1-3,5-12,24,31H,4,13-18H2/b12-7+. The number of carbonyl (C=O) groups is 2. The largest absolute Gasteiger partial charge is 0.503 e. The van der Waals surface area contributed by atoms with Crippen LogP contribution >= 0.6 is 0 Å². The Hall–Kier alpha value is -3.29. The third-order valence-corrected chi connectivity index (χ3v) is 5.96. The van der Waals surface area contributed by atoms with Crippen LogP contribution in [0.15, 0.2) is 72.0 Å². The van der Waals surface area contributed by atoms with E-state index in [1.54, 1.807) is 18.2 Å². The minimum absolute atomic E-state index is 0.0187. The van der Waals surface area contributed by atoms with Crippen molar-refractivity contribution in [3.8, 4) is 0 Å². The van der Waals surface area contributed by atoms with Crippen LogP contribution < -0.4 is 0 Å². The molecule has 0 aliphatic carbocycles. The van der Waals surface area contributed by atoms with Crippen LogP contribution in [0.25, 0.3) is 6.08 Å². The first kappa shape index (κ1) is 22.9. The van der Waals surface area contributed by atoms with Crippen molar-refractivity contribution in [1.29, 1.82) is 0 Å². The summed E-state index contributed by atoms with van der Waals surface area (Å²) in [7, 11) is 0.